The van der Waals surface area contributed by atoms with Gasteiger partial charge in [-0.25, -0.2) is 4.79 Å². The zero-order valence-corrected chi connectivity index (χ0v) is 9.65. The van der Waals surface area contributed by atoms with Crippen LogP contribution in [0.25, 0.3) is 0 Å². The number of hydrogen-bond acceptors (Lipinski definition) is 4. The van der Waals surface area contributed by atoms with Crippen molar-refractivity contribution in [3.05, 3.63) is 48.3 Å². The Balaban J connectivity index is 2.24. The molecule has 2 aromatic rings. The number of anilines is 1. The molecule has 5 heteroatoms. The molecule has 0 spiro atoms. The number of carboxylic acids is 1. The van der Waals surface area contributed by atoms with E-state index in [4.69, 9.17) is 10.8 Å². The number of aromatic nitrogens is 1. The van der Waals surface area contributed by atoms with Crippen molar-refractivity contribution in [1.82, 2.24) is 4.98 Å². The van der Waals surface area contributed by atoms with Crippen LogP contribution in [0.5, 0.6) is 0 Å². The number of benzene rings is 1. The van der Waals surface area contributed by atoms with Crippen LogP contribution in [0.1, 0.15) is 10.4 Å². The van der Waals surface area contributed by atoms with Crippen LogP contribution < -0.4 is 5.73 Å². The molecule has 0 atom stereocenters. The van der Waals surface area contributed by atoms with E-state index in [0.29, 0.717) is 0 Å². The van der Waals surface area contributed by atoms with Gasteiger partial charge in [-0.05, 0) is 30.3 Å². The zero-order valence-electron chi connectivity index (χ0n) is 8.83. The molecule has 0 aliphatic carbocycles. The van der Waals surface area contributed by atoms with E-state index in [1.807, 2.05) is 12.1 Å². The van der Waals surface area contributed by atoms with E-state index < -0.39 is 5.97 Å². The van der Waals surface area contributed by atoms with Gasteiger partial charge in [0, 0.05) is 27.9 Å². The molecule has 2 rings (SSSR count). The van der Waals surface area contributed by atoms with Crippen molar-refractivity contribution in [3.63, 3.8) is 0 Å². The monoisotopic (exact) mass is 246 g/mol. The Labute approximate surface area is 102 Å². The van der Waals surface area contributed by atoms with E-state index in [0.717, 1.165) is 9.79 Å². The van der Waals surface area contributed by atoms with Crippen LogP contribution >= 0.6 is 11.8 Å². The molecule has 0 bridgehead atoms. The van der Waals surface area contributed by atoms with E-state index in [1.54, 1.807) is 24.5 Å². The van der Waals surface area contributed by atoms with Gasteiger partial charge >= 0.3 is 5.97 Å². The van der Waals surface area contributed by atoms with Crippen LogP contribution in [0.4, 0.5) is 5.69 Å². The predicted molar refractivity (Wildman–Crippen MR) is 66.2 cm³/mol. The molecule has 0 unspecified atom stereocenters. The SMILES string of the molecule is Nc1cc(Sc2ccncc2)ccc1C(=O)O. The molecule has 17 heavy (non-hydrogen) atoms. The number of nitrogens with zero attached hydrogens (tertiary/aromatic N) is 1. The first kappa shape index (κ1) is 11.5. The number of nitrogen functional groups attached to an aromatic ring is 1. The average Bonchev–Trinajstić information content (AvgIpc) is 2.30. The summed E-state index contributed by atoms with van der Waals surface area (Å²) >= 11 is 1.51. The Hall–Kier alpha value is -2.01. The largest absolute Gasteiger partial charge is 0.478 e. The Kier molecular flexibility index (Phi) is 3.30. The van der Waals surface area contributed by atoms with E-state index in [1.165, 1.54) is 17.8 Å². The molecule has 0 amide bonds. The summed E-state index contributed by atoms with van der Waals surface area (Å²) in [4.78, 5) is 16.7. The maximum atomic E-state index is 10.8. The zero-order chi connectivity index (χ0) is 12.3. The van der Waals surface area contributed by atoms with Crippen molar-refractivity contribution in [1.29, 1.82) is 0 Å². The number of nitrogens with two attached hydrogens (primary N) is 1. The van der Waals surface area contributed by atoms with Gasteiger partial charge in [0.05, 0.1) is 5.56 Å². The van der Waals surface area contributed by atoms with Crippen molar-refractivity contribution in [3.8, 4) is 0 Å². The third-order valence-electron chi connectivity index (χ3n) is 2.14. The lowest BCUT2D eigenvalue weighted by Gasteiger charge is -2.04. The van der Waals surface area contributed by atoms with Crippen LogP contribution in [0.3, 0.4) is 0 Å². The highest BCUT2D eigenvalue weighted by atomic mass is 32.2. The van der Waals surface area contributed by atoms with E-state index >= 15 is 0 Å². The number of rotatable bonds is 3. The molecule has 1 aromatic carbocycles. The first-order valence-corrected chi connectivity index (χ1v) is 5.69. The highest BCUT2D eigenvalue weighted by molar-refractivity contribution is 7.99. The van der Waals surface area contributed by atoms with Gasteiger partial charge in [0.1, 0.15) is 0 Å². The number of aromatic carboxylic acids is 1. The molecule has 86 valence electrons. The minimum absolute atomic E-state index is 0.129. The standard InChI is InChI=1S/C12H10N2O2S/c13-11-7-9(1-2-10(11)12(15)16)17-8-3-5-14-6-4-8/h1-7H,13H2,(H,15,16). The third kappa shape index (κ3) is 2.76. The molecule has 0 saturated heterocycles. The van der Waals surface area contributed by atoms with Crippen LogP contribution in [0.2, 0.25) is 0 Å². The van der Waals surface area contributed by atoms with Gasteiger partial charge in [-0.1, -0.05) is 11.8 Å². The summed E-state index contributed by atoms with van der Waals surface area (Å²) in [5.41, 5.74) is 6.07. The second-order valence-corrected chi connectivity index (χ2v) is 4.49. The van der Waals surface area contributed by atoms with E-state index in [-0.39, 0.29) is 11.3 Å². The molecule has 0 fully saturated rings. The van der Waals surface area contributed by atoms with Crippen molar-refractivity contribution in [2.45, 2.75) is 9.79 Å². The van der Waals surface area contributed by atoms with Crippen LogP contribution in [-0.4, -0.2) is 16.1 Å². The Morgan fingerprint density at radius 3 is 2.47 bits per heavy atom. The molecule has 4 nitrogen and oxygen atoms in total. The first-order valence-electron chi connectivity index (χ1n) is 4.87. The lowest BCUT2D eigenvalue weighted by molar-refractivity contribution is 0.0698. The summed E-state index contributed by atoms with van der Waals surface area (Å²) in [6, 6.07) is 8.68. The molecular weight excluding hydrogens is 236 g/mol. The lowest BCUT2D eigenvalue weighted by Crippen LogP contribution is -2.01. The molecule has 3 N–H and O–H groups in total. The summed E-state index contributed by atoms with van der Waals surface area (Å²) < 4.78 is 0. The van der Waals surface area contributed by atoms with Gasteiger partial charge in [-0.15, -0.1) is 0 Å². The Morgan fingerprint density at radius 1 is 1.18 bits per heavy atom. The van der Waals surface area contributed by atoms with Crippen molar-refractivity contribution < 1.29 is 9.90 Å². The van der Waals surface area contributed by atoms with Crippen molar-refractivity contribution >= 4 is 23.4 Å². The van der Waals surface area contributed by atoms with Gasteiger partial charge in [0.25, 0.3) is 0 Å². The van der Waals surface area contributed by atoms with Gasteiger partial charge < -0.3 is 10.8 Å². The van der Waals surface area contributed by atoms with Gasteiger partial charge in [-0.2, -0.15) is 0 Å². The molecule has 1 heterocycles. The molecule has 1 aromatic heterocycles. The number of hydrogen-bond donors (Lipinski definition) is 2. The highest BCUT2D eigenvalue weighted by Crippen LogP contribution is 2.29. The van der Waals surface area contributed by atoms with Gasteiger partial charge in [0.15, 0.2) is 0 Å². The minimum Gasteiger partial charge on any atom is -0.478 e. The van der Waals surface area contributed by atoms with E-state index in [9.17, 15) is 4.79 Å². The summed E-state index contributed by atoms with van der Waals surface area (Å²) in [6.45, 7) is 0. The highest BCUT2D eigenvalue weighted by Gasteiger charge is 2.08. The van der Waals surface area contributed by atoms with Crippen molar-refractivity contribution in [2.24, 2.45) is 0 Å². The second kappa shape index (κ2) is 4.88. The van der Waals surface area contributed by atoms with Crippen LogP contribution in [0, 0.1) is 0 Å². The van der Waals surface area contributed by atoms with Gasteiger partial charge in [0.2, 0.25) is 0 Å². The van der Waals surface area contributed by atoms with Crippen LogP contribution in [-0.2, 0) is 0 Å². The topological polar surface area (TPSA) is 76.2 Å². The first-order chi connectivity index (χ1) is 8.16. The maximum absolute atomic E-state index is 10.8. The summed E-state index contributed by atoms with van der Waals surface area (Å²) in [5, 5.41) is 8.85. The quantitative estimate of drug-likeness (QED) is 0.814. The second-order valence-electron chi connectivity index (χ2n) is 3.34. The molecule has 0 aliphatic rings. The number of pyridine rings is 1. The smallest absolute Gasteiger partial charge is 0.337 e. The lowest BCUT2D eigenvalue weighted by atomic mass is 10.2. The van der Waals surface area contributed by atoms with E-state index in [2.05, 4.69) is 4.98 Å². The van der Waals surface area contributed by atoms with Crippen LogP contribution in [0.15, 0.2) is 52.5 Å². The third-order valence-corrected chi connectivity index (χ3v) is 3.14. The number of carboxylic acid groups (broad SMARTS) is 1. The van der Waals surface area contributed by atoms with Gasteiger partial charge in [-0.3, -0.25) is 4.98 Å². The molecule has 0 saturated carbocycles. The Bertz CT molecular complexity index is 543. The molecule has 0 aliphatic heterocycles. The van der Waals surface area contributed by atoms with Crippen molar-refractivity contribution in [2.75, 3.05) is 5.73 Å². The molecule has 0 radical (unpaired) electrons. The normalized spacial score (nSPS) is 10.1. The fraction of sp³-hybridized carbons (Fsp3) is 0. The summed E-state index contributed by atoms with van der Waals surface area (Å²) in [6.07, 6.45) is 3.41. The average molecular weight is 246 g/mol. The summed E-state index contributed by atoms with van der Waals surface area (Å²) in [7, 11) is 0. The molecular formula is C12H10N2O2S. The fourth-order valence-electron chi connectivity index (χ4n) is 1.34. The summed E-state index contributed by atoms with van der Waals surface area (Å²) in [5.74, 6) is -1.01. The predicted octanol–water partition coefficient (Wildman–Crippen LogP) is 2.51. The fourth-order valence-corrected chi connectivity index (χ4v) is 2.19. The Morgan fingerprint density at radius 2 is 1.88 bits per heavy atom. The minimum atomic E-state index is -1.01. The number of carbonyl (C=O) groups is 1. The maximum Gasteiger partial charge on any atom is 0.337 e.